The Morgan fingerprint density at radius 3 is 2.47 bits per heavy atom. The molecule has 2 nitrogen and oxygen atoms in total. The maximum Gasteiger partial charge on any atom is 0.0541 e. The molecule has 2 saturated carbocycles. The molecular formula is C16H22BrNO. The van der Waals surface area contributed by atoms with Gasteiger partial charge in [0.15, 0.2) is 0 Å². The summed E-state index contributed by atoms with van der Waals surface area (Å²) >= 11 is 3.54. The molecule has 2 aliphatic rings. The van der Waals surface area contributed by atoms with E-state index in [0.717, 1.165) is 31.6 Å². The van der Waals surface area contributed by atoms with E-state index in [0.29, 0.717) is 12.1 Å². The van der Waals surface area contributed by atoms with Crippen LogP contribution in [0, 0.1) is 0 Å². The standard InChI is InChI=1S/C16H22BrNO/c17-13-3-1-2-11(8-13)12-9-15(10-12)18-14-4-6-16(19)7-5-14/h1-3,8,12,14-16,18-19H,4-7,9-10H2. The summed E-state index contributed by atoms with van der Waals surface area (Å²) in [4.78, 5) is 0. The van der Waals surface area contributed by atoms with Crippen LogP contribution in [0.2, 0.25) is 0 Å². The lowest BCUT2D eigenvalue weighted by atomic mass is 9.75. The molecule has 3 heteroatoms. The highest BCUT2D eigenvalue weighted by Crippen LogP contribution is 2.38. The van der Waals surface area contributed by atoms with E-state index in [-0.39, 0.29) is 6.10 Å². The van der Waals surface area contributed by atoms with Crippen molar-refractivity contribution in [2.24, 2.45) is 0 Å². The normalized spacial score (nSPS) is 34.8. The molecule has 104 valence electrons. The molecule has 2 aliphatic carbocycles. The van der Waals surface area contributed by atoms with Crippen LogP contribution in [0.5, 0.6) is 0 Å². The van der Waals surface area contributed by atoms with Crippen LogP contribution in [0.25, 0.3) is 0 Å². The topological polar surface area (TPSA) is 32.3 Å². The fourth-order valence-electron chi connectivity index (χ4n) is 3.36. The van der Waals surface area contributed by atoms with Crippen LogP contribution in [0.3, 0.4) is 0 Å². The maximum atomic E-state index is 9.52. The van der Waals surface area contributed by atoms with Gasteiger partial charge < -0.3 is 10.4 Å². The summed E-state index contributed by atoms with van der Waals surface area (Å²) in [5, 5.41) is 13.3. The highest BCUT2D eigenvalue weighted by atomic mass is 79.9. The zero-order chi connectivity index (χ0) is 13.2. The SMILES string of the molecule is OC1CCC(NC2CC(c3cccc(Br)c3)C2)CC1. The Kier molecular flexibility index (Phi) is 4.25. The van der Waals surface area contributed by atoms with Crippen LogP contribution in [0.1, 0.15) is 50.0 Å². The average molecular weight is 324 g/mol. The van der Waals surface area contributed by atoms with E-state index in [1.54, 1.807) is 0 Å². The van der Waals surface area contributed by atoms with Crippen LogP contribution in [0.15, 0.2) is 28.7 Å². The molecule has 2 fully saturated rings. The summed E-state index contributed by atoms with van der Waals surface area (Å²) in [6.45, 7) is 0. The lowest BCUT2D eigenvalue weighted by Gasteiger charge is -2.40. The first-order valence-corrected chi connectivity index (χ1v) is 8.19. The lowest BCUT2D eigenvalue weighted by molar-refractivity contribution is 0.108. The molecular weight excluding hydrogens is 302 g/mol. The van der Waals surface area contributed by atoms with Crippen molar-refractivity contribution < 1.29 is 5.11 Å². The Hall–Kier alpha value is -0.380. The molecule has 0 aromatic heterocycles. The Morgan fingerprint density at radius 1 is 1.05 bits per heavy atom. The fourth-order valence-corrected chi connectivity index (χ4v) is 3.78. The van der Waals surface area contributed by atoms with Crippen molar-refractivity contribution in [3.63, 3.8) is 0 Å². The molecule has 0 heterocycles. The van der Waals surface area contributed by atoms with Gasteiger partial charge in [0.05, 0.1) is 6.10 Å². The third kappa shape index (κ3) is 3.39. The minimum atomic E-state index is -0.0474. The van der Waals surface area contributed by atoms with Crippen LogP contribution < -0.4 is 5.32 Å². The predicted octanol–water partition coefficient (Wildman–Crippen LogP) is 3.59. The van der Waals surface area contributed by atoms with Gasteiger partial charge in [0, 0.05) is 16.6 Å². The Labute approximate surface area is 123 Å². The van der Waals surface area contributed by atoms with Crippen molar-refractivity contribution in [3.05, 3.63) is 34.3 Å². The number of aliphatic hydroxyl groups excluding tert-OH is 1. The van der Waals surface area contributed by atoms with Crippen molar-refractivity contribution in [1.29, 1.82) is 0 Å². The van der Waals surface area contributed by atoms with Gasteiger partial charge in [0.1, 0.15) is 0 Å². The number of rotatable bonds is 3. The van der Waals surface area contributed by atoms with Gasteiger partial charge in [-0.2, -0.15) is 0 Å². The van der Waals surface area contributed by atoms with Crippen molar-refractivity contribution >= 4 is 15.9 Å². The summed E-state index contributed by atoms with van der Waals surface area (Å²) < 4.78 is 1.18. The Morgan fingerprint density at radius 2 is 1.79 bits per heavy atom. The van der Waals surface area contributed by atoms with Gasteiger partial charge in [0.25, 0.3) is 0 Å². The van der Waals surface area contributed by atoms with Gasteiger partial charge >= 0.3 is 0 Å². The summed E-state index contributed by atoms with van der Waals surface area (Å²) in [6, 6.07) is 10.0. The molecule has 0 spiro atoms. The van der Waals surface area contributed by atoms with Gasteiger partial charge in [-0.25, -0.2) is 0 Å². The number of halogens is 1. The van der Waals surface area contributed by atoms with E-state index >= 15 is 0 Å². The third-order valence-electron chi connectivity index (χ3n) is 4.63. The zero-order valence-corrected chi connectivity index (χ0v) is 12.8. The molecule has 0 saturated heterocycles. The summed E-state index contributed by atoms with van der Waals surface area (Å²) in [6.07, 6.45) is 6.69. The second kappa shape index (κ2) is 5.94. The molecule has 0 atom stereocenters. The Bertz CT molecular complexity index is 423. The van der Waals surface area contributed by atoms with E-state index in [1.165, 1.54) is 22.9 Å². The van der Waals surface area contributed by atoms with Crippen LogP contribution in [0.4, 0.5) is 0 Å². The van der Waals surface area contributed by atoms with E-state index in [9.17, 15) is 5.11 Å². The summed E-state index contributed by atoms with van der Waals surface area (Å²) in [5.41, 5.74) is 1.46. The molecule has 19 heavy (non-hydrogen) atoms. The van der Waals surface area contributed by atoms with E-state index in [1.807, 2.05) is 0 Å². The minimum absolute atomic E-state index is 0.0474. The van der Waals surface area contributed by atoms with E-state index in [4.69, 9.17) is 0 Å². The quantitative estimate of drug-likeness (QED) is 0.891. The number of hydrogen-bond acceptors (Lipinski definition) is 2. The highest BCUT2D eigenvalue weighted by Gasteiger charge is 2.32. The molecule has 3 rings (SSSR count). The van der Waals surface area contributed by atoms with Gasteiger partial charge in [-0.05, 0) is 62.1 Å². The first-order valence-electron chi connectivity index (χ1n) is 7.40. The van der Waals surface area contributed by atoms with Crippen molar-refractivity contribution in [2.45, 2.75) is 62.6 Å². The third-order valence-corrected chi connectivity index (χ3v) is 5.12. The smallest absolute Gasteiger partial charge is 0.0541 e. The summed E-state index contributed by atoms with van der Waals surface area (Å²) in [5.74, 6) is 0.726. The predicted molar refractivity (Wildman–Crippen MR) is 81.3 cm³/mol. The molecule has 1 aromatic carbocycles. The minimum Gasteiger partial charge on any atom is -0.393 e. The number of hydrogen-bond donors (Lipinski definition) is 2. The molecule has 0 radical (unpaired) electrons. The highest BCUT2D eigenvalue weighted by molar-refractivity contribution is 9.10. The van der Waals surface area contributed by atoms with Crippen LogP contribution >= 0.6 is 15.9 Å². The molecule has 0 amide bonds. The second-order valence-corrected chi connectivity index (χ2v) is 7.01. The number of aliphatic hydroxyl groups is 1. The maximum absolute atomic E-state index is 9.52. The van der Waals surface area contributed by atoms with Crippen molar-refractivity contribution in [2.75, 3.05) is 0 Å². The monoisotopic (exact) mass is 323 g/mol. The van der Waals surface area contributed by atoms with E-state index in [2.05, 4.69) is 45.5 Å². The van der Waals surface area contributed by atoms with Crippen molar-refractivity contribution in [3.8, 4) is 0 Å². The van der Waals surface area contributed by atoms with Gasteiger partial charge in [-0.15, -0.1) is 0 Å². The van der Waals surface area contributed by atoms with Crippen LogP contribution in [-0.2, 0) is 0 Å². The molecule has 0 aliphatic heterocycles. The first kappa shape index (κ1) is 13.6. The van der Waals surface area contributed by atoms with Gasteiger partial charge in [-0.3, -0.25) is 0 Å². The molecule has 1 aromatic rings. The van der Waals surface area contributed by atoms with E-state index < -0.39 is 0 Å². The van der Waals surface area contributed by atoms with Crippen LogP contribution in [-0.4, -0.2) is 23.3 Å². The molecule has 2 N–H and O–H groups in total. The average Bonchev–Trinajstić information content (AvgIpc) is 2.35. The Balaban J connectivity index is 1.45. The number of nitrogens with one attached hydrogen (secondary N) is 1. The van der Waals surface area contributed by atoms with Crippen molar-refractivity contribution in [1.82, 2.24) is 5.32 Å². The fraction of sp³-hybridized carbons (Fsp3) is 0.625. The summed E-state index contributed by atoms with van der Waals surface area (Å²) in [7, 11) is 0. The zero-order valence-electron chi connectivity index (χ0n) is 11.2. The lowest BCUT2D eigenvalue weighted by Crippen LogP contribution is -2.47. The largest absolute Gasteiger partial charge is 0.393 e. The molecule has 0 bridgehead atoms. The van der Waals surface area contributed by atoms with Gasteiger partial charge in [0.2, 0.25) is 0 Å². The molecule has 0 unspecified atom stereocenters. The number of benzene rings is 1. The van der Waals surface area contributed by atoms with Gasteiger partial charge in [-0.1, -0.05) is 28.1 Å². The second-order valence-electron chi connectivity index (χ2n) is 6.09. The first-order chi connectivity index (χ1) is 9.20.